The third-order valence-electron chi connectivity index (χ3n) is 3.87. The van der Waals surface area contributed by atoms with Crippen molar-refractivity contribution in [3.63, 3.8) is 0 Å². The van der Waals surface area contributed by atoms with Gasteiger partial charge in [-0.1, -0.05) is 30.0 Å². The van der Waals surface area contributed by atoms with Crippen LogP contribution < -0.4 is 40.5 Å². The molecular weight excluding hydrogens is 361 g/mol. The zero-order valence-corrected chi connectivity index (χ0v) is 15.9. The number of halogens is 2. The summed E-state index contributed by atoms with van der Waals surface area (Å²) in [4.78, 5) is 11.7. The molecular formula is C14H16Cl2NO2SiTi. The molecule has 0 fully saturated rings. The second-order valence-electron chi connectivity index (χ2n) is 5.35. The van der Waals surface area contributed by atoms with Gasteiger partial charge >= 0.3 is 21.7 Å². The predicted molar refractivity (Wildman–Crippen MR) is 76.6 cm³/mol. The molecule has 3 nitrogen and oxygen atoms in total. The Balaban J connectivity index is 0.00000133. The molecule has 1 heterocycles. The Morgan fingerprint density at radius 1 is 1.33 bits per heavy atom. The van der Waals surface area contributed by atoms with Gasteiger partial charge < -0.3 is 35.2 Å². The minimum atomic E-state index is -1.59. The van der Waals surface area contributed by atoms with E-state index in [1.54, 1.807) is 0 Å². The van der Waals surface area contributed by atoms with Crippen LogP contribution in [0.2, 0.25) is 13.1 Å². The molecule has 111 valence electrons. The van der Waals surface area contributed by atoms with Crippen LogP contribution in [-0.4, -0.2) is 25.7 Å². The van der Waals surface area contributed by atoms with E-state index in [1.807, 2.05) is 0 Å². The molecule has 7 heteroatoms. The van der Waals surface area contributed by atoms with Gasteiger partial charge in [0.25, 0.3) is 0 Å². The molecule has 1 aliphatic heterocycles. The smallest absolute Gasteiger partial charge is 1.00 e. The maximum atomic E-state index is 11.7. The Morgan fingerprint density at radius 2 is 2.00 bits per heavy atom. The van der Waals surface area contributed by atoms with Crippen molar-refractivity contribution in [3.8, 4) is 0 Å². The molecule has 1 radical (unpaired) electrons. The summed E-state index contributed by atoms with van der Waals surface area (Å²) in [5.74, 6) is -0.104. The van der Waals surface area contributed by atoms with Gasteiger partial charge in [0.05, 0.1) is 14.7 Å². The summed E-state index contributed by atoms with van der Waals surface area (Å²) in [5.41, 5.74) is 0.996. The minimum absolute atomic E-state index is 0. The van der Waals surface area contributed by atoms with Crippen molar-refractivity contribution in [2.75, 3.05) is 11.9 Å². The number of carbonyl (C=O) groups excluding carboxylic acids is 1. The summed E-state index contributed by atoms with van der Waals surface area (Å²) >= 11 is 0. The van der Waals surface area contributed by atoms with Crippen LogP contribution in [-0.2, 0) is 26.5 Å². The third kappa shape index (κ3) is 3.12. The molecule has 2 aromatic carbocycles. The number of aliphatic hydroxyl groups excluding tert-OH is 1. The van der Waals surface area contributed by atoms with Gasteiger partial charge in [-0.05, 0) is 0 Å². The first-order chi connectivity index (χ1) is 8.55. The number of carbonyl (C=O) groups is 1. The Kier molecular flexibility index (Phi) is 7.28. The predicted octanol–water partition coefficient (Wildman–Crippen LogP) is -4.98. The zero-order valence-electron chi connectivity index (χ0n) is 11.8. The Bertz CT molecular complexity index is 658. The van der Waals surface area contributed by atoms with Gasteiger partial charge in [-0.3, -0.25) is 4.79 Å². The normalized spacial score (nSPS) is 13.3. The van der Waals surface area contributed by atoms with Crippen molar-refractivity contribution in [2.45, 2.75) is 19.5 Å². The van der Waals surface area contributed by atoms with Crippen LogP contribution in [0.3, 0.4) is 0 Å². The number of hydrogen-bond acceptors (Lipinski definition) is 2. The second-order valence-corrected chi connectivity index (χ2v) is 9.68. The maximum Gasteiger partial charge on any atom is 3.00 e. The summed E-state index contributed by atoms with van der Waals surface area (Å²) < 4.78 is 0. The van der Waals surface area contributed by atoms with Crippen LogP contribution >= 0.6 is 0 Å². The monoisotopic (exact) mass is 376 g/mol. The first-order valence-corrected chi connectivity index (χ1v) is 9.20. The number of fused-ring (bicyclic) bond motifs is 1. The first kappa shape index (κ1) is 20.8. The topological polar surface area (TPSA) is 49.3 Å². The molecule has 0 aliphatic carbocycles. The van der Waals surface area contributed by atoms with Gasteiger partial charge in [-0.25, -0.2) is 0 Å². The van der Waals surface area contributed by atoms with Crippen LogP contribution in [0.4, 0.5) is 5.69 Å². The molecule has 0 atom stereocenters. The zero-order chi connectivity index (χ0) is 12.9. The fraction of sp³-hybridized carbons (Fsp3) is 0.286. The van der Waals surface area contributed by atoms with E-state index in [9.17, 15) is 4.79 Å². The molecule has 2 N–H and O–H groups in total. The van der Waals surface area contributed by atoms with E-state index < -0.39 is 8.07 Å². The van der Waals surface area contributed by atoms with Crippen LogP contribution in [0.25, 0.3) is 10.8 Å². The van der Waals surface area contributed by atoms with E-state index in [0.29, 0.717) is 0 Å². The number of amides is 1. The van der Waals surface area contributed by atoms with Crippen molar-refractivity contribution in [1.82, 2.24) is 0 Å². The quantitative estimate of drug-likeness (QED) is 0.416. The van der Waals surface area contributed by atoms with Gasteiger partial charge in [0.1, 0.15) is 0 Å². The van der Waals surface area contributed by atoms with Crippen LogP contribution in [0.5, 0.6) is 0 Å². The number of aliphatic hydroxyl groups is 1. The molecule has 0 saturated carbocycles. The number of benzene rings is 1. The van der Waals surface area contributed by atoms with E-state index in [4.69, 9.17) is 5.11 Å². The van der Waals surface area contributed by atoms with E-state index in [0.717, 1.165) is 5.69 Å². The summed E-state index contributed by atoms with van der Waals surface area (Å²) in [6, 6.07) is 8.58. The van der Waals surface area contributed by atoms with E-state index in [-0.39, 0.29) is 65.5 Å². The van der Waals surface area contributed by atoms with Crippen LogP contribution in [0.15, 0.2) is 24.3 Å². The molecule has 0 aromatic heterocycles. The summed E-state index contributed by atoms with van der Waals surface area (Å²) in [6.45, 7) is 4.52. The first-order valence-electron chi connectivity index (χ1n) is 6.20. The second kappa shape index (κ2) is 7.36. The van der Waals surface area contributed by atoms with E-state index in [1.165, 1.54) is 21.1 Å². The molecule has 21 heavy (non-hydrogen) atoms. The number of anilines is 1. The summed E-state index contributed by atoms with van der Waals surface area (Å²) in [6.07, 6.45) is 0.163. The Hall–Kier alpha value is -0.229. The Morgan fingerprint density at radius 3 is 2.62 bits per heavy atom. The molecule has 3 rings (SSSR count). The molecule has 1 amide bonds. The average Bonchev–Trinajstić information content (AvgIpc) is 2.76. The van der Waals surface area contributed by atoms with E-state index >= 15 is 0 Å². The molecule has 2 bridgehead atoms. The van der Waals surface area contributed by atoms with Crippen molar-refractivity contribution in [1.29, 1.82) is 0 Å². The molecule has 1 aliphatic rings. The van der Waals surface area contributed by atoms with Crippen molar-refractivity contribution < 1.29 is 56.4 Å². The standard InChI is InChI=1S/C14H16NO2Si.2ClH.Ti/c1-18(2)10-5-3-4-9-8-11(18)14(13(9)10)15-12(17)6-7-16;;;/h3-5,8,16H,6-7H2,1-2H3,(H,15,17);2*1H;/q-1;;;+3/p-2. The minimum Gasteiger partial charge on any atom is -1.00 e. The van der Waals surface area contributed by atoms with Crippen LogP contribution in [0, 0.1) is 0 Å². The third-order valence-corrected chi connectivity index (χ3v) is 7.37. The van der Waals surface area contributed by atoms with Gasteiger partial charge in [-0.15, -0.1) is 34.2 Å². The fourth-order valence-corrected chi connectivity index (χ4v) is 5.95. The van der Waals surface area contributed by atoms with Crippen LogP contribution in [0.1, 0.15) is 6.42 Å². The van der Waals surface area contributed by atoms with Crippen molar-refractivity contribution in [3.05, 3.63) is 24.3 Å². The Labute approximate surface area is 152 Å². The SMILES string of the molecule is C[Si]1(C)c2[cH-]c3cccc1c3c2NC(=O)CCO.[Cl-].[Cl-].[Ti+3]. The van der Waals surface area contributed by atoms with Gasteiger partial charge in [-0.2, -0.15) is 0 Å². The average molecular weight is 377 g/mol. The fourth-order valence-electron chi connectivity index (χ4n) is 2.92. The van der Waals surface area contributed by atoms with Gasteiger partial charge in [0, 0.05) is 6.42 Å². The van der Waals surface area contributed by atoms with Crippen molar-refractivity contribution >= 4 is 40.8 Å². The molecule has 0 spiro atoms. The molecule has 0 saturated heterocycles. The van der Waals surface area contributed by atoms with Crippen molar-refractivity contribution in [2.24, 2.45) is 0 Å². The summed E-state index contributed by atoms with van der Waals surface area (Å²) in [7, 11) is -1.59. The van der Waals surface area contributed by atoms with Gasteiger partial charge in [0.2, 0.25) is 5.91 Å². The molecule has 2 aromatic rings. The number of nitrogens with one attached hydrogen (secondary N) is 1. The molecule has 0 unspecified atom stereocenters. The van der Waals surface area contributed by atoms with Gasteiger partial charge in [0.15, 0.2) is 0 Å². The largest absolute Gasteiger partial charge is 3.00 e. The van der Waals surface area contributed by atoms with E-state index in [2.05, 4.69) is 42.7 Å². The maximum absolute atomic E-state index is 11.7. The summed E-state index contributed by atoms with van der Waals surface area (Å²) in [5, 5.41) is 17.0. The number of hydrogen-bond donors (Lipinski definition) is 2. The number of rotatable bonds is 3.